The molecule has 0 heterocycles. The lowest BCUT2D eigenvalue weighted by molar-refractivity contribution is -0.138. The number of halogens is 1. The van der Waals surface area contributed by atoms with E-state index in [1.54, 1.807) is 6.92 Å². The minimum absolute atomic E-state index is 0.292. The molecular weight excluding hydrogens is 171 g/mol. The van der Waals surface area contributed by atoms with Gasteiger partial charge in [0.05, 0.1) is 6.07 Å². The lowest BCUT2D eigenvalue weighted by atomic mass is 9.81. The molecule has 1 saturated carbocycles. The maximum atomic E-state index is 13.4. The Hall–Kier alpha value is -1.11. The number of carbonyl (C=O) groups is 1. The van der Waals surface area contributed by atoms with Crippen molar-refractivity contribution >= 4 is 5.91 Å². The van der Waals surface area contributed by atoms with Gasteiger partial charge in [0.2, 0.25) is 0 Å². The van der Waals surface area contributed by atoms with Crippen molar-refractivity contribution in [1.82, 2.24) is 5.32 Å². The van der Waals surface area contributed by atoms with E-state index in [1.165, 1.54) is 0 Å². The summed E-state index contributed by atoms with van der Waals surface area (Å²) in [5, 5.41) is 10.9. The number of nitrogens with zero attached hydrogens (tertiary/aromatic N) is 1. The molecule has 0 aromatic carbocycles. The maximum absolute atomic E-state index is 13.4. The van der Waals surface area contributed by atoms with E-state index in [2.05, 4.69) is 5.32 Å². The highest BCUT2D eigenvalue weighted by Crippen LogP contribution is 2.35. The van der Waals surface area contributed by atoms with E-state index < -0.39 is 17.6 Å². The second kappa shape index (κ2) is 3.73. The molecule has 0 spiro atoms. The van der Waals surface area contributed by atoms with E-state index >= 15 is 0 Å². The Kier molecular flexibility index (Phi) is 2.86. The molecule has 0 unspecified atom stereocenters. The van der Waals surface area contributed by atoms with Gasteiger partial charge in [0.1, 0.15) is 6.04 Å². The van der Waals surface area contributed by atoms with Gasteiger partial charge in [0.25, 0.3) is 5.91 Å². The molecule has 0 radical (unpaired) electrons. The van der Waals surface area contributed by atoms with E-state index in [-0.39, 0.29) is 0 Å². The Labute approximate surface area is 76.9 Å². The van der Waals surface area contributed by atoms with Crippen molar-refractivity contribution < 1.29 is 9.18 Å². The van der Waals surface area contributed by atoms with E-state index in [1.807, 2.05) is 6.07 Å². The summed E-state index contributed by atoms with van der Waals surface area (Å²) in [7, 11) is 0. The van der Waals surface area contributed by atoms with Crippen molar-refractivity contribution in [2.45, 2.75) is 44.3 Å². The third kappa shape index (κ3) is 1.97. The van der Waals surface area contributed by atoms with Crippen molar-refractivity contribution in [3.8, 4) is 6.07 Å². The van der Waals surface area contributed by atoms with Crippen LogP contribution in [-0.4, -0.2) is 17.6 Å². The molecule has 0 bridgehead atoms. The van der Waals surface area contributed by atoms with Crippen molar-refractivity contribution in [1.29, 1.82) is 5.26 Å². The predicted octanol–water partition coefficient (Wildman–Crippen LogP) is 1.30. The zero-order valence-corrected chi connectivity index (χ0v) is 7.64. The standard InChI is InChI=1S/C9H13FN2O/c1-2-7(6-11)12-8(13)9(10)4-3-5-9/h7H,2-5H2,1H3,(H,12,13)/t7-/m0/s1. The molecule has 1 aliphatic carbocycles. The third-order valence-corrected chi connectivity index (χ3v) is 2.42. The number of nitrogens with one attached hydrogen (secondary N) is 1. The van der Waals surface area contributed by atoms with E-state index in [0.717, 1.165) is 6.42 Å². The number of nitriles is 1. The SMILES string of the molecule is CC[C@@H](C#N)NC(=O)C1(F)CCC1. The van der Waals surface area contributed by atoms with Crippen molar-refractivity contribution in [3.63, 3.8) is 0 Å². The van der Waals surface area contributed by atoms with Crippen LogP contribution < -0.4 is 5.32 Å². The minimum Gasteiger partial charge on any atom is -0.338 e. The first-order valence-corrected chi connectivity index (χ1v) is 4.52. The van der Waals surface area contributed by atoms with Crippen LogP contribution in [0.25, 0.3) is 0 Å². The van der Waals surface area contributed by atoms with Gasteiger partial charge in [-0.2, -0.15) is 5.26 Å². The molecule has 4 heteroatoms. The first-order valence-electron chi connectivity index (χ1n) is 4.52. The van der Waals surface area contributed by atoms with Crippen LogP contribution in [-0.2, 0) is 4.79 Å². The molecule has 3 nitrogen and oxygen atoms in total. The number of hydrogen-bond acceptors (Lipinski definition) is 2. The number of hydrogen-bond donors (Lipinski definition) is 1. The van der Waals surface area contributed by atoms with Crippen LogP contribution in [0, 0.1) is 11.3 Å². The summed E-state index contributed by atoms with van der Waals surface area (Å²) in [6.45, 7) is 1.78. The summed E-state index contributed by atoms with van der Waals surface area (Å²) in [6, 6.07) is 1.35. The fraction of sp³-hybridized carbons (Fsp3) is 0.778. The van der Waals surface area contributed by atoms with Gasteiger partial charge in [-0.25, -0.2) is 4.39 Å². The fourth-order valence-corrected chi connectivity index (χ4v) is 1.23. The number of rotatable bonds is 3. The molecule has 1 rings (SSSR count). The zero-order chi connectivity index (χ0) is 9.90. The molecule has 0 aliphatic heterocycles. The van der Waals surface area contributed by atoms with E-state index in [4.69, 9.17) is 5.26 Å². The Morgan fingerprint density at radius 2 is 2.38 bits per heavy atom. The summed E-state index contributed by atoms with van der Waals surface area (Å²) >= 11 is 0. The average Bonchev–Trinajstić information content (AvgIpc) is 2.09. The second-order valence-electron chi connectivity index (χ2n) is 3.38. The quantitative estimate of drug-likeness (QED) is 0.718. The second-order valence-corrected chi connectivity index (χ2v) is 3.38. The summed E-state index contributed by atoms with van der Waals surface area (Å²) in [5.74, 6) is -0.618. The highest BCUT2D eigenvalue weighted by molar-refractivity contribution is 5.86. The highest BCUT2D eigenvalue weighted by atomic mass is 19.1. The summed E-state index contributed by atoms with van der Waals surface area (Å²) in [6.07, 6.45) is 1.85. The smallest absolute Gasteiger partial charge is 0.258 e. The average molecular weight is 184 g/mol. The van der Waals surface area contributed by atoms with Crippen LogP contribution in [0.5, 0.6) is 0 Å². The molecule has 72 valence electrons. The molecule has 0 aromatic rings. The van der Waals surface area contributed by atoms with Gasteiger partial charge in [-0.15, -0.1) is 0 Å². The van der Waals surface area contributed by atoms with Crippen LogP contribution in [0.2, 0.25) is 0 Å². The van der Waals surface area contributed by atoms with Crippen LogP contribution in [0.1, 0.15) is 32.6 Å². The van der Waals surface area contributed by atoms with Crippen molar-refractivity contribution in [3.05, 3.63) is 0 Å². The Bertz CT molecular complexity index is 242. The summed E-state index contributed by atoms with van der Waals surface area (Å²) < 4.78 is 13.4. The van der Waals surface area contributed by atoms with Crippen LogP contribution in [0.3, 0.4) is 0 Å². The monoisotopic (exact) mass is 184 g/mol. The van der Waals surface area contributed by atoms with Gasteiger partial charge in [-0.1, -0.05) is 6.92 Å². The number of carbonyl (C=O) groups excluding carboxylic acids is 1. The molecular formula is C9H13FN2O. The molecule has 1 atom stereocenters. The molecule has 13 heavy (non-hydrogen) atoms. The minimum atomic E-state index is -1.69. The number of amides is 1. The molecule has 1 fully saturated rings. The van der Waals surface area contributed by atoms with Crippen molar-refractivity contribution in [2.75, 3.05) is 0 Å². The molecule has 1 aliphatic rings. The molecule has 0 aromatic heterocycles. The van der Waals surface area contributed by atoms with Gasteiger partial charge >= 0.3 is 0 Å². The topological polar surface area (TPSA) is 52.9 Å². The predicted molar refractivity (Wildman–Crippen MR) is 45.5 cm³/mol. The third-order valence-electron chi connectivity index (χ3n) is 2.42. The highest BCUT2D eigenvalue weighted by Gasteiger charge is 2.44. The van der Waals surface area contributed by atoms with Gasteiger partial charge in [0.15, 0.2) is 5.67 Å². The van der Waals surface area contributed by atoms with Crippen LogP contribution in [0.4, 0.5) is 4.39 Å². The van der Waals surface area contributed by atoms with E-state index in [9.17, 15) is 9.18 Å². The Morgan fingerprint density at radius 3 is 2.69 bits per heavy atom. The van der Waals surface area contributed by atoms with Crippen LogP contribution >= 0.6 is 0 Å². The number of alkyl halides is 1. The lowest BCUT2D eigenvalue weighted by Crippen LogP contribution is -2.50. The Balaban J connectivity index is 2.45. The van der Waals surface area contributed by atoms with E-state index in [0.29, 0.717) is 19.3 Å². The fourth-order valence-electron chi connectivity index (χ4n) is 1.23. The molecule has 1 N–H and O–H groups in total. The largest absolute Gasteiger partial charge is 0.338 e. The molecule has 0 saturated heterocycles. The van der Waals surface area contributed by atoms with Crippen molar-refractivity contribution in [2.24, 2.45) is 0 Å². The normalized spacial score (nSPS) is 21.0. The Morgan fingerprint density at radius 1 is 1.77 bits per heavy atom. The summed E-state index contributed by atoms with van der Waals surface area (Å²) in [5.41, 5.74) is -1.69. The van der Waals surface area contributed by atoms with Gasteiger partial charge in [-0.05, 0) is 25.7 Å². The molecule has 1 amide bonds. The van der Waals surface area contributed by atoms with Gasteiger partial charge in [0, 0.05) is 0 Å². The first kappa shape index (κ1) is 9.97. The van der Waals surface area contributed by atoms with Crippen LogP contribution in [0.15, 0.2) is 0 Å². The zero-order valence-electron chi connectivity index (χ0n) is 7.64. The van der Waals surface area contributed by atoms with Gasteiger partial charge in [-0.3, -0.25) is 4.79 Å². The first-order chi connectivity index (χ1) is 6.12. The van der Waals surface area contributed by atoms with Gasteiger partial charge < -0.3 is 5.32 Å². The summed E-state index contributed by atoms with van der Waals surface area (Å²) in [4.78, 5) is 11.2. The maximum Gasteiger partial charge on any atom is 0.258 e. The lowest BCUT2D eigenvalue weighted by Gasteiger charge is -2.32.